The first-order valence-electron chi connectivity index (χ1n) is 7.57. The molecule has 0 amide bonds. The number of aromatic nitrogens is 3. The van der Waals surface area contributed by atoms with Crippen molar-refractivity contribution in [3.8, 4) is 0 Å². The normalized spacial score (nSPS) is 18.3. The molecule has 0 aromatic carbocycles. The van der Waals surface area contributed by atoms with E-state index >= 15 is 0 Å². The van der Waals surface area contributed by atoms with Gasteiger partial charge < -0.3 is 11.1 Å². The Morgan fingerprint density at radius 3 is 2.85 bits per heavy atom. The van der Waals surface area contributed by atoms with Crippen LogP contribution in [0.3, 0.4) is 0 Å². The zero-order valence-corrected chi connectivity index (χ0v) is 12.0. The number of anilines is 1. The SMILES string of the molecule is Cc1cccc2nc(NC(CN)C3CCCCC3)nn12. The Balaban J connectivity index is 1.78. The summed E-state index contributed by atoms with van der Waals surface area (Å²) < 4.78 is 1.87. The second-order valence-corrected chi connectivity index (χ2v) is 5.76. The summed E-state index contributed by atoms with van der Waals surface area (Å²) in [6, 6.07) is 6.30. The van der Waals surface area contributed by atoms with Gasteiger partial charge in [0.1, 0.15) is 0 Å². The summed E-state index contributed by atoms with van der Waals surface area (Å²) in [5, 5.41) is 7.98. The number of nitrogens with two attached hydrogens (primary N) is 1. The molecular weight excluding hydrogens is 250 g/mol. The van der Waals surface area contributed by atoms with Gasteiger partial charge in [0.2, 0.25) is 5.95 Å². The van der Waals surface area contributed by atoms with E-state index in [0.29, 0.717) is 18.4 Å². The van der Waals surface area contributed by atoms with Gasteiger partial charge in [-0.3, -0.25) is 0 Å². The standard InChI is InChI=1S/C15H23N5/c1-11-6-5-9-14-18-15(19-20(11)14)17-13(10-16)12-7-3-2-4-8-12/h5-6,9,12-13H,2-4,7-8,10,16H2,1H3,(H,17,19). The van der Waals surface area contributed by atoms with Crippen LogP contribution in [0.25, 0.3) is 5.65 Å². The van der Waals surface area contributed by atoms with E-state index < -0.39 is 0 Å². The van der Waals surface area contributed by atoms with Crippen LogP contribution in [0.2, 0.25) is 0 Å². The molecule has 2 heterocycles. The first kappa shape index (κ1) is 13.4. The van der Waals surface area contributed by atoms with Gasteiger partial charge in [0, 0.05) is 18.3 Å². The Hall–Kier alpha value is -1.62. The third kappa shape index (κ3) is 2.63. The highest BCUT2D eigenvalue weighted by Crippen LogP contribution is 2.27. The van der Waals surface area contributed by atoms with Crippen LogP contribution in [0.15, 0.2) is 18.2 Å². The van der Waals surface area contributed by atoms with Crippen LogP contribution < -0.4 is 11.1 Å². The van der Waals surface area contributed by atoms with Crippen molar-refractivity contribution < 1.29 is 0 Å². The molecule has 108 valence electrons. The van der Waals surface area contributed by atoms with Crippen LogP contribution in [-0.2, 0) is 0 Å². The van der Waals surface area contributed by atoms with Gasteiger partial charge in [-0.05, 0) is 37.8 Å². The first-order valence-corrected chi connectivity index (χ1v) is 7.57. The van der Waals surface area contributed by atoms with E-state index in [2.05, 4.69) is 15.4 Å². The molecule has 3 rings (SSSR count). The van der Waals surface area contributed by atoms with Gasteiger partial charge in [-0.25, -0.2) is 4.52 Å². The minimum absolute atomic E-state index is 0.285. The topological polar surface area (TPSA) is 68.2 Å². The highest BCUT2D eigenvalue weighted by molar-refractivity contribution is 5.44. The molecule has 5 heteroatoms. The number of nitrogens with zero attached hydrogens (tertiary/aromatic N) is 3. The average Bonchev–Trinajstić information content (AvgIpc) is 2.90. The number of hydrogen-bond donors (Lipinski definition) is 2. The summed E-state index contributed by atoms with van der Waals surface area (Å²) in [6.45, 7) is 2.67. The molecule has 1 aliphatic rings. The van der Waals surface area contributed by atoms with E-state index in [-0.39, 0.29) is 6.04 Å². The van der Waals surface area contributed by atoms with Crippen molar-refractivity contribution in [1.82, 2.24) is 14.6 Å². The lowest BCUT2D eigenvalue weighted by molar-refractivity contribution is 0.320. The Morgan fingerprint density at radius 2 is 2.15 bits per heavy atom. The first-order chi connectivity index (χ1) is 9.78. The average molecular weight is 273 g/mol. The van der Waals surface area contributed by atoms with Gasteiger partial charge in [-0.1, -0.05) is 25.3 Å². The van der Waals surface area contributed by atoms with Crippen molar-refractivity contribution in [3.05, 3.63) is 23.9 Å². The quantitative estimate of drug-likeness (QED) is 0.897. The number of pyridine rings is 1. The van der Waals surface area contributed by atoms with E-state index in [4.69, 9.17) is 5.73 Å². The van der Waals surface area contributed by atoms with Crippen LogP contribution in [0.4, 0.5) is 5.95 Å². The maximum absolute atomic E-state index is 5.95. The van der Waals surface area contributed by atoms with Gasteiger partial charge in [-0.15, -0.1) is 5.10 Å². The fourth-order valence-electron chi connectivity index (χ4n) is 3.17. The molecule has 1 saturated carbocycles. The minimum atomic E-state index is 0.285. The number of fused-ring (bicyclic) bond motifs is 1. The summed E-state index contributed by atoms with van der Waals surface area (Å²) in [6.07, 6.45) is 6.53. The molecule has 20 heavy (non-hydrogen) atoms. The molecule has 0 saturated heterocycles. The van der Waals surface area contributed by atoms with Crippen LogP contribution >= 0.6 is 0 Å². The zero-order valence-electron chi connectivity index (χ0n) is 12.0. The molecule has 2 aromatic heterocycles. The molecule has 5 nitrogen and oxygen atoms in total. The smallest absolute Gasteiger partial charge is 0.243 e. The van der Waals surface area contributed by atoms with E-state index in [1.165, 1.54) is 32.1 Å². The second-order valence-electron chi connectivity index (χ2n) is 5.76. The van der Waals surface area contributed by atoms with Crippen molar-refractivity contribution in [2.24, 2.45) is 11.7 Å². The monoisotopic (exact) mass is 273 g/mol. The van der Waals surface area contributed by atoms with E-state index in [0.717, 1.165) is 11.3 Å². The summed E-state index contributed by atoms with van der Waals surface area (Å²) >= 11 is 0. The second kappa shape index (κ2) is 5.79. The van der Waals surface area contributed by atoms with Crippen molar-refractivity contribution in [2.75, 3.05) is 11.9 Å². The summed E-state index contributed by atoms with van der Waals surface area (Å²) in [7, 11) is 0. The molecule has 1 atom stereocenters. The molecule has 1 fully saturated rings. The van der Waals surface area contributed by atoms with Crippen LogP contribution in [0.5, 0.6) is 0 Å². The van der Waals surface area contributed by atoms with Gasteiger partial charge >= 0.3 is 0 Å². The predicted octanol–water partition coefficient (Wildman–Crippen LogP) is 2.36. The van der Waals surface area contributed by atoms with Crippen molar-refractivity contribution in [3.63, 3.8) is 0 Å². The highest BCUT2D eigenvalue weighted by atomic mass is 15.4. The van der Waals surface area contributed by atoms with Crippen molar-refractivity contribution in [1.29, 1.82) is 0 Å². The van der Waals surface area contributed by atoms with Gasteiger partial charge in [0.15, 0.2) is 5.65 Å². The van der Waals surface area contributed by atoms with Gasteiger partial charge in [-0.2, -0.15) is 4.98 Å². The fraction of sp³-hybridized carbons (Fsp3) is 0.600. The summed E-state index contributed by atoms with van der Waals surface area (Å²) in [5.74, 6) is 1.35. The Labute approximate surface area is 119 Å². The molecule has 0 aliphatic heterocycles. The fourth-order valence-corrected chi connectivity index (χ4v) is 3.17. The molecule has 0 spiro atoms. The number of hydrogen-bond acceptors (Lipinski definition) is 4. The van der Waals surface area contributed by atoms with Gasteiger partial charge in [0.05, 0.1) is 0 Å². The largest absolute Gasteiger partial charge is 0.349 e. The summed E-state index contributed by atoms with van der Waals surface area (Å²) in [5.41, 5.74) is 7.92. The summed E-state index contributed by atoms with van der Waals surface area (Å²) in [4.78, 5) is 4.54. The zero-order chi connectivity index (χ0) is 13.9. The Morgan fingerprint density at radius 1 is 1.35 bits per heavy atom. The molecule has 3 N–H and O–H groups in total. The van der Waals surface area contributed by atoms with Gasteiger partial charge in [0.25, 0.3) is 0 Å². The third-order valence-corrected chi connectivity index (χ3v) is 4.34. The number of nitrogens with one attached hydrogen (secondary N) is 1. The van der Waals surface area contributed by atoms with E-state index in [1.54, 1.807) is 0 Å². The Bertz CT molecular complexity index is 571. The lowest BCUT2D eigenvalue weighted by Crippen LogP contribution is -2.37. The molecule has 1 aliphatic carbocycles. The number of aryl methyl sites for hydroxylation is 1. The van der Waals surface area contributed by atoms with Crippen molar-refractivity contribution in [2.45, 2.75) is 45.1 Å². The van der Waals surface area contributed by atoms with Crippen LogP contribution in [0.1, 0.15) is 37.8 Å². The third-order valence-electron chi connectivity index (χ3n) is 4.34. The van der Waals surface area contributed by atoms with E-state index in [9.17, 15) is 0 Å². The highest BCUT2D eigenvalue weighted by Gasteiger charge is 2.23. The molecule has 0 radical (unpaired) electrons. The molecular formula is C15H23N5. The van der Waals surface area contributed by atoms with E-state index in [1.807, 2.05) is 29.6 Å². The molecule has 1 unspecified atom stereocenters. The molecule has 0 bridgehead atoms. The lowest BCUT2D eigenvalue weighted by atomic mass is 9.84. The van der Waals surface area contributed by atoms with Crippen LogP contribution in [0, 0.1) is 12.8 Å². The lowest BCUT2D eigenvalue weighted by Gasteiger charge is -2.29. The minimum Gasteiger partial charge on any atom is -0.349 e. The maximum Gasteiger partial charge on any atom is 0.243 e. The van der Waals surface area contributed by atoms with Crippen LogP contribution in [-0.4, -0.2) is 27.2 Å². The molecule has 2 aromatic rings. The predicted molar refractivity (Wildman–Crippen MR) is 80.8 cm³/mol. The Kier molecular flexibility index (Phi) is 3.87. The van der Waals surface area contributed by atoms with Crippen molar-refractivity contribution >= 4 is 11.6 Å². The number of rotatable bonds is 4. The maximum atomic E-state index is 5.95.